The summed E-state index contributed by atoms with van der Waals surface area (Å²) in [6.07, 6.45) is 0.448. The average Bonchev–Trinajstić information content (AvgIpc) is 3.33. The zero-order chi connectivity index (χ0) is 20.0. The molecule has 2 aliphatic heterocycles. The smallest absolute Gasteiger partial charge is 0.322 e. The number of nitrogens with one attached hydrogen (secondary N) is 2. The van der Waals surface area contributed by atoms with E-state index in [1.807, 2.05) is 24.3 Å². The van der Waals surface area contributed by atoms with Gasteiger partial charge in [-0.25, -0.2) is 4.79 Å². The zero-order valence-corrected chi connectivity index (χ0v) is 15.6. The molecule has 0 saturated carbocycles. The Morgan fingerprint density at radius 1 is 1.14 bits per heavy atom. The number of hydrogen-bond acceptors (Lipinski definition) is 6. The molecule has 0 spiro atoms. The number of hydrogen-bond donors (Lipinski definition) is 2. The van der Waals surface area contributed by atoms with E-state index in [-0.39, 0.29) is 0 Å². The van der Waals surface area contributed by atoms with E-state index in [0.29, 0.717) is 29.4 Å². The predicted octanol–water partition coefficient (Wildman–Crippen LogP) is 2.45. The Bertz CT molecular complexity index is 1130. The van der Waals surface area contributed by atoms with Crippen LogP contribution in [0.25, 0.3) is 11.4 Å². The van der Waals surface area contributed by atoms with Crippen LogP contribution in [0.4, 0.5) is 4.79 Å². The van der Waals surface area contributed by atoms with Crippen LogP contribution >= 0.6 is 0 Å². The minimum absolute atomic E-state index is 0.385. The first kappa shape index (κ1) is 17.6. The van der Waals surface area contributed by atoms with E-state index in [9.17, 15) is 9.59 Å². The molecule has 1 saturated heterocycles. The first-order chi connectivity index (χ1) is 14.0. The molecule has 8 heteroatoms. The third kappa shape index (κ3) is 2.89. The SMILES string of the molecule is CC1(c2cccc(-c3noc(C4OCCc5ccccc54)n3)c2)NC(=O)NC1=O. The van der Waals surface area contributed by atoms with Gasteiger partial charge in [0.1, 0.15) is 5.54 Å². The average molecular weight is 390 g/mol. The van der Waals surface area contributed by atoms with Crippen LogP contribution in [-0.4, -0.2) is 28.7 Å². The summed E-state index contributed by atoms with van der Waals surface area (Å²) in [5.74, 6) is 0.373. The van der Waals surface area contributed by atoms with Gasteiger partial charge in [-0.3, -0.25) is 10.1 Å². The van der Waals surface area contributed by atoms with E-state index < -0.39 is 23.6 Å². The largest absolute Gasteiger partial charge is 0.363 e. The van der Waals surface area contributed by atoms with Crippen LogP contribution in [0.1, 0.15) is 35.6 Å². The van der Waals surface area contributed by atoms with Crippen molar-refractivity contribution in [3.8, 4) is 11.4 Å². The number of aromatic nitrogens is 2. The number of fused-ring (bicyclic) bond motifs is 1. The first-order valence-electron chi connectivity index (χ1n) is 9.32. The molecule has 5 rings (SSSR count). The molecule has 0 radical (unpaired) electrons. The summed E-state index contributed by atoms with van der Waals surface area (Å²) in [6.45, 7) is 2.24. The molecular weight excluding hydrogens is 372 g/mol. The second-order valence-electron chi connectivity index (χ2n) is 7.27. The number of amides is 3. The molecular formula is C21H18N4O4. The maximum atomic E-state index is 12.2. The standard InChI is InChI=1S/C21H18N4O4/c1-21(19(26)23-20(27)24-21)14-7-4-6-13(11-14)17-22-18(29-25-17)16-15-8-3-2-5-12(15)9-10-28-16/h2-8,11,16H,9-10H2,1H3,(H2,23,24,26,27). The summed E-state index contributed by atoms with van der Waals surface area (Å²) >= 11 is 0. The van der Waals surface area contributed by atoms with Crippen molar-refractivity contribution in [3.05, 3.63) is 71.1 Å². The Morgan fingerprint density at radius 2 is 2.00 bits per heavy atom. The van der Waals surface area contributed by atoms with E-state index in [4.69, 9.17) is 9.26 Å². The van der Waals surface area contributed by atoms with E-state index >= 15 is 0 Å². The van der Waals surface area contributed by atoms with Gasteiger partial charge in [-0.05, 0) is 36.1 Å². The maximum Gasteiger partial charge on any atom is 0.322 e. The third-order valence-electron chi connectivity index (χ3n) is 5.40. The van der Waals surface area contributed by atoms with Crippen LogP contribution in [0.15, 0.2) is 53.1 Å². The molecule has 146 valence electrons. The van der Waals surface area contributed by atoms with Crippen LogP contribution in [-0.2, 0) is 21.5 Å². The fraction of sp³-hybridized carbons (Fsp3) is 0.238. The Morgan fingerprint density at radius 3 is 2.83 bits per heavy atom. The normalized spacial score (nSPS) is 23.4. The number of nitrogens with zero attached hydrogens (tertiary/aromatic N) is 2. The Labute approximate surface area is 166 Å². The quantitative estimate of drug-likeness (QED) is 0.666. The van der Waals surface area contributed by atoms with Gasteiger partial charge < -0.3 is 14.6 Å². The Balaban J connectivity index is 1.48. The number of urea groups is 1. The molecule has 1 aromatic heterocycles. The lowest BCUT2D eigenvalue weighted by Crippen LogP contribution is -2.40. The molecule has 1 fully saturated rings. The lowest BCUT2D eigenvalue weighted by atomic mass is 9.91. The van der Waals surface area contributed by atoms with Crippen molar-refractivity contribution in [2.24, 2.45) is 0 Å². The number of carbonyl (C=O) groups excluding carboxylic acids is 2. The van der Waals surface area contributed by atoms with E-state index in [0.717, 1.165) is 12.0 Å². The lowest BCUT2D eigenvalue weighted by Gasteiger charge is -2.23. The zero-order valence-electron chi connectivity index (χ0n) is 15.6. The van der Waals surface area contributed by atoms with Crippen molar-refractivity contribution < 1.29 is 18.8 Å². The number of rotatable bonds is 3. The predicted molar refractivity (Wildman–Crippen MR) is 102 cm³/mol. The van der Waals surface area contributed by atoms with Crippen LogP contribution in [0.3, 0.4) is 0 Å². The van der Waals surface area contributed by atoms with Crippen LogP contribution in [0.2, 0.25) is 0 Å². The van der Waals surface area contributed by atoms with Crippen molar-refractivity contribution in [3.63, 3.8) is 0 Å². The molecule has 2 aromatic carbocycles. The molecule has 2 aliphatic rings. The van der Waals surface area contributed by atoms with Crippen molar-refractivity contribution in [2.45, 2.75) is 25.0 Å². The summed E-state index contributed by atoms with van der Waals surface area (Å²) in [7, 11) is 0. The highest BCUT2D eigenvalue weighted by molar-refractivity contribution is 6.07. The van der Waals surface area contributed by atoms with E-state index in [1.54, 1.807) is 25.1 Å². The topological polar surface area (TPSA) is 106 Å². The van der Waals surface area contributed by atoms with Crippen LogP contribution in [0.5, 0.6) is 0 Å². The van der Waals surface area contributed by atoms with Crippen molar-refractivity contribution in [1.82, 2.24) is 20.8 Å². The molecule has 3 heterocycles. The van der Waals surface area contributed by atoms with Crippen molar-refractivity contribution in [2.75, 3.05) is 6.61 Å². The summed E-state index contributed by atoms with van der Waals surface area (Å²) in [5, 5.41) is 9.03. The Hall–Kier alpha value is -3.52. The van der Waals surface area contributed by atoms with Crippen LogP contribution < -0.4 is 10.6 Å². The number of benzene rings is 2. The minimum Gasteiger partial charge on any atom is -0.363 e. The second-order valence-corrected chi connectivity index (χ2v) is 7.27. The minimum atomic E-state index is -1.15. The number of ether oxygens (including phenoxy) is 1. The highest BCUT2D eigenvalue weighted by atomic mass is 16.5. The highest BCUT2D eigenvalue weighted by Gasteiger charge is 2.43. The summed E-state index contributed by atoms with van der Waals surface area (Å²) in [5.41, 5.74) is 2.40. The molecule has 0 bridgehead atoms. The summed E-state index contributed by atoms with van der Waals surface area (Å²) in [6, 6.07) is 14.7. The van der Waals surface area contributed by atoms with Gasteiger partial charge in [0.25, 0.3) is 11.8 Å². The van der Waals surface area contributed by atoms with E-state index in [2.05, 4.69) is 26.8 Å². The fourth-order valence-corrected chi connectivity index (χ4v) is 3.77. The summed E-state index contributed by atoms with van der Waals surface area (Å²) < 4.78 is 11.4. The monoisotopic (exact) mass is 390 g/mol. The summed E-state index contributed by atoms with van der Waals surface area (Å²) in [4.78, 5) is 28.3. The third-order valence-corrected chi connectivity index (χ3v) is 5.40. The molecule has 3 amide bonds. The maximum absolute atomic E-state index is 12.2. The first-order valence-corrected chi connectivity index (χ1v) is 9.32. The van der Waals surface area contributed by atoms with Gasteiger partial charge >= 0.3 is 6.03 Å². The molecule has 2 atom stereocenters. The molecule has 3 aromatic rings. The lowest BCUT2D eigenvalue weighted by molar-refractivity contribution is -0.123. The molecule has 2 unspecified atom stereocenters. The second kappa shape index (κ2) is 6.52. The van der Waals surface area contributed by atoms with Gasteiger partial charge in [0, 0.05) is 5.56 Å². The number of imide groups is 1. The van der Waals surface area contributed by atoms with Crippen LogP contribution in [0, 0.1) is 0 Å². The molecule has 2 N–H and O–H groups in total. The van der Waals surface area contributed by atoms with Gasteiger partial charge in [-0.2, -0.15) is 4.98 Å². The number of carbonyl (C=O) groups is 2. The van der Waals surface area contributed by atoms with Gasteiger partial charge in [0.05, 0.1) is 6.61 Å². The molecule has 29 heavy (non-hydrogen) atoms. The highest BCUT2D eigenvalue weighted by Crippen LogP contribution is 2.33. The van der Waals surface area contributed by atoms with Gasteiger partial charge in [-0.1, -0.05) is 47.6 Å². The molecule has 8 nitrogen and oxygen atoms in total. The Kier molecular flexibility index (Phi) is 3.95. The van der Waals surface area contributed by atoms with Crippen molar-refractivity contribution >= 4 is 11.9 Å². The van der Waals surface area contributed by atoms with Crippen molar-refractivity contribution in [1.29, 1.82) is 0 Å². The van der Waals surface area contributed by atoms with Gasteiger partial charge in [-0.15, -0.1) is 0 Å². The molecule has 0 aliphatic carbocycles. The fourth-order valence-electron chi connectivity index (χ4n) is 3.77. The van der Waals surface area contributed by atoms with Gasteiger partial charge in [0.2, 0.25) is 5.82 Å². The van der Waals surface area contributed by atoms with E-state index in [1.165, 1.54) is 5.56 Å². The van der Waals surface area contributed by atoms with Gasteiger partial charge in [0.15, 0.2) is 6.10 Å².